The second kappa shape index (κ2) is 10.9. The van der Waals surface area contributed by atoms with Gasteiger partial charge < -0.3 is 20.1 Å². The molecule has 3 fully saturated rings. The monoisotopic (exact) mass is 578 g/mol. The molecule has 3 aliphatic rings. The predicted molar refractivity (Wildman–Crippen MR) is 144 cm³/mol. The number of ether oxygens (including phenoxy) is 1. The van der Waals surface area contributed by atoms with Crippen molar-refractivity contribution < 1.29 is 32.6 Å². The SMILES string of the molecule is COc1cccc(C(O)(C(=O)N2CCC3(CC2)C[C@H]3CCCc2ccc(C(=O)NC3CC3)c(Cl)c2)C(F)(F)F)c1. The summed E-state index contributed by atoms with van der Waals surface area (Å²) in [6.45, 7) is 0.357. The molecule has 2 saturated carbocycles. The Morgan fingerprint density at radius 2 is 1.88 bits per heavy atom. The van der Waals surface area contributed by atoms with Crippen LogP contribution in [0.3, 0.4) is 0 Å². The number of benzene rings is 2. The summed E-state index contributed by atoms with van der Waals surface area (Å²) < 4.78 is 47.3. The highest BCUT2D eigenvalue weighted by Gasteiger charge is 2.63. The molecule has 40 heavy (non-hydrogen) atoms. The first kappa shape index (κ1) is 28.7. The van der Waals surface area contributed by atoms with Gasteiger partial charge in [-0.2, -0.15) is 13.2 Å². The quantitative estimate of drug-likeness (QED) is 0.403. The van der Waals surface area contributed by atoms with Crippen molar-refractivity contribution in [3.05, 3.63) is 64.2 Å². The zero-order valence-corrected chi connectivity index (χ0v) is 23.2. The van der Waals surface area contributed by atoms with Crippen molar-refractivity contribution in [2.45, 2.75) is 69.2 Å². The molecular formula is C30H34ClF3N2O4. The number of alkyl halides is 3. The van der Waals surface area contributed by atoms with Gasteiger partial charge in [0.1, 0.15) is 5.75 Å². The van der Waals surface area contributed by atoms with Crippen molar-refractivity contribution in [2.75, 3.05) is 20.2 Å². The van der Waals surface area contributed by atoms with Crippen molar-refractivity contribution in [2.24, 2.45) is 11.3 Å². The van der Waals surface area contributed by atoms with Crippen LogP contribution in [0.4, 0.5) is 13.2 Å². The van der Waals surface area contributed by atoms with Gasteiger partial charge in [-0.25, -0.2) is 0 Å². The van der Waals surface area contributed by atoms with E-state index < -0.39 is 23.2 Å². The Bertz CT molecular complexity index is 1270. The van der Waals surface area contributed by atoms with E-state index in [4.69, 9.17) is 16.3 Å². The fourth-order valence-electron chi connectivity index (χ4n) is 6.03. The molecule has 2 atom stereocenters. The van der Waals surface area contributed by atoms with E-state index >= 15 is 0 Å². The van der Waals surface area contributed by atoms with Gasteiger partial charge in [-0.1, -0.05) is 29.8 Å². The third-order valence-corrected chi connectivity index (χ3v) is 9.13. The van der Waals surface area contributed by atoms with E-state index in [1.165, 1.54) is 19.2 Å². The summed E-state index contributed by atoms with van der Waals surface area (Å²) in [7, 11) is 1.31. The van der Waals surface area contributed by atoms with Crippen LogP contribution >= 0.6 is 11.6 Å². The zero-order valence-electron chi connectivity index (χ0n) is 22.4. The first-order chi connectivity index (χ1) is 19.0. The van der Waals surface area contributed by atoms with Gasteiger partial charge in [0.05, 0.1) is 17.7 Å². The van der Waals surface area contributed by atoms with Crippen LogP contribution in [0.1, 0.15) is 66.4 Å². The molecule has 2 N–H and O–H groups in total. The molecule has 1 aliphatic heterocycles. The van der Waals surface area contributed by atoms with Crippen LogP contribution in [0.15, 0.2) is 42.5 Å². The highest BCUT2D eigenvalue weighted by molar-refractivity contribution is 6.33. The number of likely N-dealkylation sites (tertiary alicyclic amines) is 1. The Kier molecular flexibility index (Phi) is 7.83. The molecule has 1 heterocycles. The number of amides is 2. The van der Waals surface area contributed by atoms with Gasteiger partial charge in [-0.3, -0.25) is 9.59 Å². The van der Waals surface area contributed by atoms with Crippen molar-refractivity contribution >= 4 is 23.4 Å². The average molecular weight is 579 g/mol. The molecule has 1 unspecified atom stereocenters. The summed E-state index contributed by atoms with van der Waals surface area (Å²) in [6, 6.07) is 10.8. The molecular weight excluding hydrogens is 545 g/mol. The number of piperidine rings is 1. The Balaban J connectivity index is 1.13. The van der Waals surface area contributed by atoms with E-state index in [1.54, 1.807) is 6.07 Å². The Morgan fingerprint density at radius 3 is 2.50 bits per heavy atom. The van der Waals surface area contributed by atoms with E-state index in [0.29, 0.717) is 29.3 Å². The molecule has 0 bridgehead atoms. The minimum atomic E-state index is -5.18. The largest absolute Gasteiger partial charge is 0.497 e. The Labute approximate surface area is 236 Å². The average Bonchev–Trinajstić information content (AvgIpc) is 3.86. The number of rotatable bonds is 9. The standard InChI is InChI=1S/C30H34ClF3N2O4/c1-40-23-7-3-5-20(17-23)29(39,30(32,33)34)27(38)36-14-12-28(13-15-36)18-21(28)6-2-4-19-8-11-24(25(31)16-19)26(37)35-22-9-10-22/h3,5,7-8,11,16-17,21-22,39H,2,4,6,9-10,12-15,18H2,1H3,(H,35,37)/t21-,29?/m1/s1. The summed E-state index contributed by atoms with van der Waals surface area (Å²) in [5.74, 6) is -0.889. The van der Waals surface area contributed by atoms with Gasteiger partial charge >= 0.3 is 6.18 Å². The molecule has 0 aromatic heterocycles. The molecule has 2 aromatic carbocycles. The maximum atomic E-state index is 14.1. The van der Waals surface area contributed by atoms with Crippen LogP contribution < -0.4 is 10.1 Å². The molecule has 10 heteroatoms. The van der Waals surface area contributed by atoms with Crippen molar-refractivity contribution in [3.8, 4) is 5.75 Å². The van der Waals surface area contributed by atoms with E-state index in [-0.39, 0.29) is 36.2 Å². The number of carbonyl (C=O) groups excluding carboxylic acids is 2. The molecule has 216 valence electrons. The third-order valence-electron chi connectivity index (χ3n) is 8.82. The van der Waals surface area contributed by atoms with Crippen LogP contribution in [0.2, 0.25) is 5.02 Å². The van der Waals surface area contributed by atoms with Crippen molar-refractivity contribution in [1.29, 1.82) is 0 Å². The smallest absolute Gasteiger partial charge is 0.430 e. The first-order valence-electron chi connectivity index (χ1n) is 13.8. The number of hydrogen-bond donors (Lipinski definition) is 2. The summed E-state index contributed by atoms with van der Waals surface area (Å²) >= 11 is 6.36. The van der Waals surface area contributed by atoms with Crippen LogP contribution in [0.25, 0.3) is 0 Å². The van der Waals surface area contributed by atoms with Gasteiger partial charge in [0.2, 0.25) is 0 Å². The number of hydrogen-bond acceptors (Lipinski definition) is 4. The lowest BCUT2D eigenvalue weighted by Crippen LogP contribution is -2.57. The molecule has 2 aliphatic carbocycles. The maximum Gasteiger partial charge on any atom is 0.430 e. The van der Waals surface area contributed by atoms with E-state index in [0.717, 1.165) is 61.1 Å². The van der Waals surface area contributed by atoms with Crippen LogP contribution in [0, 0.1) is 11.3 Å². The minimum Gasteiger partial charge on any atom is -0.497 e. The number of nitrogens with zero attached hydrogens (tertiary/aromatic N) is 1. The normalized spacial score (nSPS) is 21.6. The first-order valence-corrected chi connectivity index (χ1v) is 14.2. The van der Waals surface area contributed by atoms with Crippen LogP contribution in [-0.4, -0.2) is 54.2 Å². The van der Waals surface area contributed by atoms with E-state index in [1.807, 2.05) is 12.1 Å². The van der Waals surface area contributed by atoms with Crippen LogP contribution in [0.5, 0.6) is 5.75 Å². The topological polar surface area (TPSA) is 78.9 Å². The second-order valence-corrected chi connectivity index (χ2v) is 11.9. The van der Waals surface area contributed by atoms with Gasteiger partial charge in [-0.15, -0.1) is 0 Å². The maximum absolute atomic E-state index is 14.1. The highest BCUT2D eigenvalue weighted by Crippen LogP contribution is 2.61. The van der Waals surface area contributed by atoms with Gasteiger partial charge in [0, 0.05) is 24.7 Å². The number of methoxy groups -OCH3 is 1. The van der Waals surface area contributed by atoms with Crippen molar-refractivity contribution in [1.82, 2.24) is 10.2 Å². The van der Waals surface area contributed by atoms with Crippen molar-refractivity contribution in [3.63, 3.8) is 0 Å². The number of carbonyl (C=O) groups is 2. The molecule has 5 rings (SSSR count). The lowest BCUT2D eigenvalue weighted by Gasteiger charge is -2.39. The molecule has 1 saturated heterocycles. The fraction of sp³-hybridized carbons (Fsp3) is 0.533. The molecule has 1 spiro atoms. The number of aliphatic hydroxyl groups is 1. The zero-order chi connectivity index (χ0) is 28.7. The van der Waals surface area contributed by atoms with Crippen LogP contribution in [-0.2, 0) is 16.8 Å². The predicted octanol–water partition coefficient (Wildman–Crippen LogP) is 5.64. The van der Waals surface area contributed by atoms with Gasteiger partial charge in [0.15, 0.2) is 0 Å². The fourth-order valence-corrected chi connectivity index (χ4v) is 6.32. The molecule has 2 aromatic rings. The summed E-state index contributed by atoms with van der Waals surface area (Å²) in [6.07, 6.45) is 1.80. The molecule has 2 amide bonds. The summed E-state index contributed by atoms with van der Waals surface area (Å²) in [4.78, 5) is 26.6. The third kappa shape index (κ3) is 5.68. The number of halogens is 4. The molecule has 0 radical (unpaired) electrons. The number of nitrogens with one attached hydrogen (secondary N) is 1. The highest BCUT2D eigenvalue weighted by atomic mass is 35.5. The summed E-state index contributed by atoms with van der Waals surface area (Å²) in [5.41, 5.74) is -2.59. The van der Waals surface area contributed by atoms with Gasteiger partial charge in [-0.05, 0) is 92.5 Å². The minimum absolute atomic E-state index is 0.0471. The Morgan fingerprint density at radius 1 is 1.15 bits per heavy atom. The number of aryl methyl sites for hydroxylation is 1. The lowest BCUT2D eigenvalue weighted by molar-refractivity contribution is -0.262. The lowest BCUT2D eigenvalue weighted by atomic mass is 9.86. The summed E-state index contributed by atoms with van der Waals surface area (Å²) in [5, 5.41) is 14.2. The van der Waals surface area contributed by atoms with E-state index in [9.17, 15) is 27.9 Å². The second-order valence-electron chi connectivity index (χ2n) is 11.4. The van der Waals surface area contributed by atoms with E-state index in [2.05, 4.69) is 5.32 Å². The Hall–Kier alpha value is -2.78. The van der Waals surface area contributed by atoms with Gasteiger partial charge in [0.25, 0.3) is 17.4 Å². The molecule has 6 nitrogen and oxygen atoms in total.